The zero-order valence-corrected chi connectivity index (χ0v) is 9.85. The van der Waals surface area contributed by atoms with Crippen molar-refractivity contribution in [1.29, 1.82) is 0 Å². The molecular formula is C9H9F4NO3S. The first-order valence-corrected chi connectivity index (χ1v) is 6.01. The summed E-state index contributed by atoms with van der Waals surface area (Å²) in [6.45, 7) is 0. The predicted molar refractivity (Wildman–Crippen MR) is 53.7 cm³/mol. The Morgan fingerprint density at radius 2 is 1.56 bits per heavy atom. The first-order valence-electron chi connectivity index (χ1n) is 4.46. The number of sulfonamides is 1. The number of methoxy groups -OCH3 is 1. The van der Waals surface area contributed by atoms with Crippen molar-refractivity contribution in [3.8, 4) is 0 Å². The molecule has 0 unspecified atom stereocenters. The first-order chi connectivity index (χ1) is 8.02. The summed E-state index contributed by atoms with van der Waals surface area (Å²) in [4.78, 5) is -0.456. The van der Waals surface area contributed by atoms with Crippen LogP contribution in [0.25, 0.3) is 0 Å². The zero-order chi connectivity index (χ0) is 14.2. The first kappa shape index (κ1) is 14.9. The fourth-order valence-corrected chi connectivity index (χ4v) is 1.67. The van der Waals surface area contributed by atoms with Crippen LogP contribution in [0.4, 0.5) is 17.6 Å². The highest BCUT2D eigenvalue weighted by molar-refractivity contribution is 7.89. The van der Waals surface area contributed by atoms with Gasteiger partial charge >= 0.3 is 12.0 Å². The largest absolute Gasteiger partial charge is 0.423 e. The van der Waals surface area contributed by atoms with Crippen molar-refractivity contribution >= 4 is 10.0 Å². The fraction of sp³-hybridized carbons (Fsp3) is 0.333. The quantitative estimate of drug-likeness (QED) is 0.856. The summed E-state index contributed by atoms with van der Waals surface area (Å²) in [5.74, 6) is -4.58. The van der Waals surface area contributed by atoms with Crippen LogP contribution >= 0.6 is 0 Å². The minimum atomic E-state index is -4.70. The lowest BCUT2D eigenvalue weighted by molar-refractivity contribution is -0.344. The second-order valence-corrected chi connectivity index (χ2v) is 4.93. The number of hydrogen-bond acceptors (Lipinski definition) is 3. The summed E-state index contributed by atoms with van der Waals surface area (Å²) >= 11 is 0. The van der Waals surface area contributed by atoms with Crippen molar-refractivity contribution < 1.29 is 30.7 Å². The van der Waals surface area contributed by atoms with E-state index in [0.717, 1.165) is 0 Å². The van der Waals surface area contributed by atoms with E-state index >= 15 is 0 Å². The molecule has 0 radical (unpaired) electrons. The van der Waals surface area contributed by atoms with Gasteiger partial charge in [-0.3, -0.25) is 0 Å². The number of halogens is 4. The summed E-state index contributed by atoms with van der Waals surface area (Å²) < 4.78 is 77.4. The number of benzene rings is 1. The lowest BCUT2D eigenvalue weighted by Crippen LogP contribution is -2.39. The van der Waals surface area contributed by atoms with E-state index in [9.17, 15) is 26.0 Å². The number of nitrogens with two attached hydrogens (primary N) is 1. The molecule has 0 aliphatic carbocycles. The van der Waals surface area contributed by atoms with Crippen LogP contribution in [0.2, 0.25) is 0 Å². The Balaban J connectivity index is 3.21. The van der Waals surface area contributed by atoms with Crippen molar-refractivity contribution in [2.75, 3.05) is 7.11 Å². The van der Waals surface area contributed by atoms with Crippen LogP contribution in [0.1, 0.15) is 5.56 Å². The Morgan fingerprint density at radius 3 is 1.89 bits per heavy atom. The highest BCUT2D eigenvalue weighted by Gasteiger charge is 2.58. The summed E-state index contributed by atoms with van der Waals surface area (Å²) in [6.07, 6.45) is -4.70. The second-order valence-electron chi connectivity index (χ2n) is 3.36. The van der Waals surface area contributed by atoms with Crippen molar-refractivity contribution in [3.05, 3.63) is 29.8 Å². The number of alkyl halides is 4. The summed E-state index contributed by atoms with van der Waals surface area (Å²) in [6, 6.07) is 2.52. The SMILES string of the molecule is COC(F)(F)C(F)(F)c1ccc(S(N)(=O)=O)cc1. The normalized spacial score (nSPS) is 13.7. The molecule has 1 aromatic rings. The molecule has 0 spiro atoms. The Labute approximate surface area is 100 Å². The van der Waals surface area contributed by atoms with Crippen LogP contribution in [0.3, 0.4) is 0 Å². The van der Waals surface area contributed by atoms with Crippen LogP contribution in [0, 0.1) is 0 Å². The molecule has 0 aliphatic rings. The minimum Gasteiger partial charge on any atom is -0.319 e. The monoisotopic (exact) mass is 287 g/mol. The summed E-state index contributed by atoms with van der Waals surface area (Å²) in [5.41, 5.74) is -1.08. The molecule has 0 amide bonds. The lowest BCUT2D eigenvalue weighted by Gasteiger charge is -2.24. The Morgan fingerprint density at radius 1 is 1.11 bits per heavy atom. The summed E-state index contributed by atoms with van der Waals surface area (Å²) in [7, 11) is -3.63. The average Bonchev–Trinajstić information content (AvgIpc) is 2.27. The van der Waals surface area contributed by atoms with E-state index in [-0.39, 0.29) is 0 Å². The molecule has 0 aliphatic heterocycles. The number of rotatable bonds is 4. The third-order valence-corrected chi connectivity index (χ3v) is 3.10. The second kappa shape index (κ2) is 4.48. The molecule has 0 bridgehead atoms. The van der Waals surface area contributed by atoms with Crippen LogP contribution in [0.5, 0.6) is 0 Å². The highest BCUT2D eigenvalue weighted by Crippen LogP contribution is 2.43. The van der Waals surface area contributed by atoms with E-state index in [1.807, 2.05) is 0 Å². The Kier molecular flexibility index (Phi) is 3.70. The predicted octanol–water partition coefficient (Wildman–Crippen LogP) is 1.67. The molecule has 1 rings (SSSR count). The zero-order valence-electron chi connectivity index (χ0n) is 9.03. The Hall–Kier alpha value is -1.19. The van der Waals surface area contributed by atoms with Crippen molar-refractivity contribution in [1.82, 2.24) is 0 Å². The van der Waals surface area contributed by atoms with E-state index in [0.29, 0.717) is 31.4 Å². The van der Waals surface area contributed by atoms with E-state index < -0.39 is 32.5 Å². The van der Waals surface area contributed by atoms with Gasteiger partial charge < -0.3 is 4.74 Å². The van der Waals surface area contributed by atoms with Crippen molar-refractivity contribution in [2.45, 2.75) is 16.9 Å². The molecule has 1 aromatic carbocycles. The third kappa shape index (κ3) is 2.62. The van der Waals surface area contributed by atoms with Crippen LogP contribution in [-0.2, 0) is 20.7 Å². The maximum atomic E-state index is 13.3. The van der Waals surface area contributed by atoms with Gasteiger partial charge in [0.05, 0.1) is 4.90 Å². The van der Waals surface area contributed by atoms with Crippen molar-refractivity contribution in [2.24, 2.45) is 5.14 Å². The van der Waals surface area contributed by atoms with Gasteiger partial charge in [-0.1, -0.05) is 12.1 Å². The maximum Gasteiger partial charge on any atom is 0.423 e. The molecule has 0 heterocycles. The number of hydrogen-bond donors (Lipinski definition) is 1. The molecule has 18 heavy (non-hydrogen) atoms. The van der Waals surface area contributed by atoms with E-state index in [1.54, 1.807) is 0 Å². The van der Waals surface area contributed by atoms with Gasteiger partial charge in [-0.05, 0) is 12.1 Å². The van der Waals surface area contributed by atoms with Crippen molar-refractivity contribution in [3.63, 3.8) is 0 Å². The average molecular weight is 287 g/mol. The smallest absolute Gasteiger partial charge is 0.319 e. The molecule has 0 saturated carbocycles. The molecule has 0 saturated heterocycles. The lowest BCUT2D eigenvalue weighted by atomic mass is 10.1. The van der Waals surface area contributed by atoms with Gasteiger partial charge in [0.1, 0.15) is 0 Å². The molecule has 0 aromatic heterocycles. The minimum absolute atomic E-state index is 0.437. The number of ether oxygens (including phenoxy) is 1. The fourth-order valence-electron chi connectivity index (χ4n) is 1.15. The highest BCUT2D eigenvalue weighted by atomic mass is 32.2. The molecular weight excluding hydrogens is 278 g/mol. The standard InChI is InChI=1S/C9H9F4NO3S/c1-17-9(12,13)8(10,11)6-2-4-7(5-3-6)18(14,15)16/h2-5H,1H3,(H2,14,15,16). The third-order valence-electron chi connectivity index (χ3n) is 2.17. The van der Waals surface area contributed by atoms with Gasteiger partial charge in [0.2, 0.25) is 10.0 Å². The van der Waals surface area contributed by atoms with Crippen LogP contribution in [0.15, 0.2) is 29.2 Å². The molecule has 0 fully saturated rings. The molecule has 4 nitrogen and oxygen atoms in total. The molecule has 2 N–H and O–H groups in total. The van der Waals surface area contributed by atoms with Gasteiger partial charge in [0.25, 0.3) is 0 Å². The van der Waals surface area contributed by atoms with Gasteiger partial charge in [-0.15, -0.1) is 0 Å². The summed E-state index contributed by atoms with van der Waals surface area (Å²) in [5, 5.41) is 4.74. The van der Waals surface area contributed by atoms with Gasteiger partial charge in [-0.2, -0.15) is 17.6 Å². The topological polar surface area (TPSA) is 69.4 Å². The van der Waals surface area contributed by atoms with Gasteiger partial charge in [0.15, 0.2) is 0 Å². The van der Waals surface area contributed by atoms with Gasteiger partial charge in [-0.25, -0.2) is 13.6 Å². The molecule has 9 heteroatoms. The van der Waals surface area contributed by atoms with Crippen LogP contribution < -0.4 is 5.14 Å². The van der Waals surface area contributed by atoms with E-state index in [4.69, 9.17) is 5.14 Å². The molecule has 0 atom stereocenters. The Bertz CT molecular complexity index is 527. The van der Waals surface area contributed by atoms with Gasteiger partial charge in [0, 0.05) is 12.7 Å². The van der Waals surface area contributed by atoms with E-state index in [1.165, 1.54) is 0 Å². The molecule has 102 valence electrons. The van der Waals surface area contributed by atoms with Crippen LogP contribution in [-0.4, -0.2) is 21.6 Å². The maximum absolute atomic E-state index is 13.3. The van der Waals surface area contributed by atoms with E-state index in [2.05, 4.69) is 4.74 Å². The number of primary sulfonamides is 1.